The Labute approximate surface area is 114 Å². The van der Waals surface area contributed by atoms with Crippen LogP contribution in [0.25, 0.3) is 0 Å². The van der Waals surface area contributed by atoms with Crippen molar-refractivity contribution >= 4 is 5.82 Å². The molecule has 5 heteroatoms. The van der Waals surface area contributed by atoms with E-state index in [9.17, 15) is 0 Å². The van der Waals surface area contributed by atoms with Gasteiger partial charge in [0.15, 0.2) is 0 Å². The number of ether oxygens (including phenoxy) is 1. The van der Waals surface area contributed by atoms with Crippen molar-refractivity contribution in [2.45, 2.75) is 38.3 Å². The average Bonchev–Trinajstić information content (AvgIpc) is 2.41. The van der Waals surface area contributed by atoms with Crippen molar-refractivity contribution in [2.75, 3.05) is 31.6 Å². The van der Waals surface area contributed by atoms with E-state index in [4.69, 9.17) is 4.74 Å². The Bertz CT molecular complexity index is 420. The molecule has 104 valence electrons. The zero-order valence-electron chi connectivity index (χ0n) is 11.5. The summed E-state index contributed by atoms with van der Waals surface area (Å²) in [5, 5.41) is 3.46. The van der Waals surface area contributed by atoms with Crippen LogP contribution in [-0.2, 0) is 4.74 Å². The van der Waals surface area contributed by atoms with E-state index in [0.29, 0.717) is 6.04 Å². The molecule has 2 aliphatic rings. The number of aromatic nitrogens is 2. The largest absolute Gasteiger partial charge is 0.381 e. The fraction of sp³-hybridized carbons (Fsp3) is 0.714. The topological polar surface area (TPSA) is 50.3 Å². The van der Waals surface area contributed by atoms with Gasteiger partial charge in [0.25, 0.3) is 0 Å². The molecule has 1 unspecified atom stereocenters. The number of aryl methyl sites for hydroxylation is 1. The number of nitrogens with one attached hydrogen (secondary N) is 1. The smallest absolute Gasteiger partial charge is 0.132 e. The summed E-state index contributed by atoms with van der Waals surface area (Å²) < 4.78 is 5.44. The summed E-state index contributed by atoms with van der Waals surface area (Å²) in [7, 11) is 0. The lowest BCUT2D eigenvalue weighted by atomic mass is 9.95. The summed E-state index contributed by atoms with van der Waals surface area (Å²) in [6.45, 7) is 6.10. The third kappa shape index (κ3) is 2.87. The molecule has 0 aliphatic carbocycles. The summed E-state index contributed by atoms with van der Waals surface area (Å²) in [4.78, 5) is 10.9. The highest BCUT2D eigenvalue weighted by Crippen LogP contribution is 2.26. The molecule has 19 heavy (non-hydrogen) atoms. The molecule has 2 fully saturated rings. The van der Waals surface area contributed by atoms with Gasteiger partial charge >= 0.3 is 0 Å². The first-order chi connectivity index (χ1) is 9.34. The second-order valence-corrected chi connectivity index (χ2v) is 5.46. The molecule has 1 atom stereocenters. The molecule has 3 heterocycles. The fourth-order valence-corrected chi connectivity index (χ4v) is 2.98. The van der Waals surface area contributed by atoms with Gasteiger partial charge in [0.1, 0.15) is 12.1 Å². The molecule has 5 nitrogen and oxygen atoms in total. The number of likely N-dealkylation sites (tertiary alicyclic amines) is 1. The molecular weight excluding hydrogens is 240 g/mol. The van der Waals surface area contributed by atoms with Gasteiger partial charge in [-0.2, -0.15) is 0 Å². The maximum absolute atomic E-state index is 5.44. The van der Waals surface area contributed by atoms with Crippen LogP contribution in [0, 0.1) is 6.92 Å². The summed E-state index contributed by atoms with van der Waals surface area (Å²) in [6.07, 6.45) is 7.11. The van der Waals surface area contributed by atoms with Crippen molar-refractivity contribution < 1.29 is 4.74 Å². The molecule has 0 saturated carbocycles. The number of anilines is 1. The normalized spacial score (nSPS) is 25.0. The third-order valence-electron chi connectivity index (χ3n) is 4.25. The molecular formula is C14H22N4O. The minimum atomic E-state index is 0.650. The molecule has 1 aromatic heterocycles. The fourth-order valence-electron chi connectivity index (χ4n) is 2.98. The van der Waals surface area contributed by atoms with Crippen LogP contribution in [0.4, 0.5) is 5.82 Å². The summed E-state index contributed by atoms with van der Waals surface area (Å²) in [6, 6.07) is 1.37. The van der Waals surface area contributed by atoms with Gasteiger partial charge in [-0.1, -0.05) is 0 Å². The predicted molar refractivity (Wildman–Crippen MR) is 74.2 cm³/mol. The van der Waals surface area contributed by atoms with Gasteiger partial charge in [-0.3, -0.25) is 4.90 Å². The van der Waals surface area contributed by atoms with Gasteiger partial charge in [-0.15, -0.1) is 0 Å². The first kappa shape index (κ1) is 12.8. The molecule has 2 saturated heterocycles. The number of nitrogens with zero attached hydrogens (tertiary/aromatic N) is 3. The lowest BCUT2D eigenvalue weighted by molar-refractivity contribution is -0.0189. The Morgan fingerprint density at radius 2 is 2.21 bits per heavy atom. The van der Waals surface area contributed by atoms with E-state index in [1.807, 2.05) is 13.1 Å². The molecule has 3 rings (SSSR count). The first-order valence-electron chi connectivity index (χ1n) is 7.18. The van der Waals surface area contributed by atoms with Gasteiger partial charge in [0, 0.05) is 50.1 Å². The minimum Gasteiger partial charge on any atom is -0.381 e. The summed E-state index contributed by atoms with van der Waals surface area (Å²) in [5.74, 6) is 0.967. The van der Waals surface area contributed by atoms with E-state index in [1.165, 1.54) is 25.8 Å². The van der Waals surface area contributed by atoms with E-state index in [1.54, 1.807) is 6.33 Å². The Kier molecular flexibility index (Phi) is 3.94. The van der Waals surface area contributed by atoms with Crippen LogP contribution in [0.1, 0.15) is 24.8 Å². The second-order valence-electron chi connectivity index (χ2n) is 5.46. The Morgan fingerprint density at radius 3 is 2.89 bits per heavy atom. The Morgan fingerprint density at radius 1 is 1.37 bits per heavy atom. The van der Waals surface area contributed by atoms with Crippen molar-refractivity contribution in [2.24, 2.45) is 0 Å². The highest BCUT2D eigenvalue weighted by molar-refractivity contribution is 5.41. The SMILES string of the molecule is Cc1cncnc1NCC1CCN1C1CCOCC1. The lowest BCUT2D eigenvalue weighted by Crippen LogP contribution is -2.57. The van der Waals surface area contributed by atoms with E-state index in [2.05, 4.69) is 20.2 Å². The quantitative estimate of drug-likeness (QED) is 0.890. The van der Waals surface area contributed by atoms with Crippen LogP contribution in [0.15, 0.2) is 12.5 Å². The van der Waals surface area contributed by atoms with Gasteiger partial charge < -0.3 is 10.1 Å². The van der Waals surface area contributed by atoms with Crippen molar-refractivity contribution in [3.8, 4) is 0 Å². The number of hydrogen-bond donors (Lipinski definition) is 1. The number of rotatable bonds is 4. The van der Waals surface area contributed by atoms with Crippen LogP contribution in [0.2, 0.25) is 0 Å². The highest BCUT2D eigenvalue weighted by atomic mass is 16.5. The Hall–Kier alpha value is -1.20. The zero-order valence-corrected chi connectivity index (χ0v) is 11.5. The third-order valence-corrected chi connectivity index (χ3v) is 4.25. The Balaban J connectivity index is 1.51. The van der Waals surface area contributed by atoms with Crippen molar-refractivity contribution in [1.82, 2.24) is 14.9 Å². The van der Waals surface area contributed by atoms with Crippen LogP contribution in [0.3, 0.4) is 0 Å². The monoisotopic (exact) mass is 262 g/mol. The molecule has 0 amide bonds. The van der Waals surface area contributed by atoms with E-state index in [-0.39, 0.29) is 0 Å². The average molecular weight is 262 g/mol. The predicted octanol–water partition coefficient (Wildman–Crippen LogP) is 1.45. The highest BCUT2D eigenvalue weighted by Gasteiger charge is 2.34. The zero-order chi connectivity index (χ0) is 13.1. The molecule has 0 radical (unpaired) electrons. The van der Waals surface area contributed by atoms with E-state index < -0.39 is 0 Å². The molecule has 0 bridgehead atoms. The van der Waals surface area contributed by atoms with Crippen molar-refractivity contribution in [3.63, 3.8) is 0 Å². The molecule has 2 aliphatic heterocycles. The molecule has 1 N–H and O–H groups in total. The first-order valence-corrected chi connectivity index (χ1v) is 7.18. The molecule has 1 aromatic rings. The van der Waals surface area contributed by atoms with Gasteiger partial charge in [0.05, 0.1) is 0 Å². The minimum absolute atomic E-state index is 0.650. The van der Waals surface area contributed by atoms with E-state index in [0.717, 1.165) is 37.2 Å². The van der Waals surface area contributed by atoms with Crippen molar-refractivity contribution in [1.29, 1.82) is 0 Å². The van der Waals surface area contributed by atoms with Gasteiger partial charge in [-0.25, -0.2) is 9.97 Å². The van der Waals surface area contributed by atoms with Gasteiger partial charge in [0.2, 0.25) is 0 Å². The number of hydrogen-bond acceptors (Lipinski definition) is 5. The maximum atomic E-state index is 5.44. The maximum Gasteiger partial charge on any atom is 0.132 e. The van der Waals surface area contributed by atoms with Crippen LogP contribution in [-0.4, -0.2) is 53.3 Å². The molecule has 0 aromatic carbocycles. The lowest BCUT2D eigenvalue weighted by Gasteiger charge is -2.47. The summed E-state index contributed by atoms with van der Waals surface area (Å²) >= 11 is 0. The standard InChI is InChI=1S/C14H22N4O/c1-11-8-15-10-17-14(11)16-9-13-2-5-18(13)12-3-6-19-7-4-12/h8,10,12-13H,2-7,9H2,1H3,(H,15,16,17). The van der Waals surface area contributed by atoms with E-state index >= 15 is 0 Å². The van der Waals surface area contributed by atoms with Crippen LogP contribution in [0.5, 0.6) is 0 Å². The molecule has 0 spiro atoms. The van der Waals surface area contributed by atoms with Gasteiger partial charge in [-0.05, 0) is 26.2 Å². The van der Waals surface area contributed by atoms with Crippen LogP contribution >= 0.6 is 0 Å². The van der Waals surface area contributed by atoms with Crippen LogP contribution < -0.4 is 5.32 Å². The second kappa shape index (κ2) is 5.84. The summed E-state index contributed by atoms with van der Waals surface area (Å²) in [5.41, 5.74) is 1.11. The van der Waals surface area contributed by atoms with Crippen molar-refractivity contribution in [3.05, 3.63) is 18.1 Å².